The minimum atomic E-state index is -1.50. The molecule has 1 aliphatic rings. The van der Waals surface area contributed by atoms with Crippen molar-refractivity contribution in [3.05, 3.63) is 41.4 Å². The fourth-order valence-corrected chi connectivity index (χ4v) is 2.83. The van der Waals surface area contributed by atoms with Crippen molar-refractivity contribution in [2.24, 2.45) is 0 Å². The van der Waals surface area contributed by atoms with Gasteiger partial charge in [-0.3, -0.25) is 0 Å². The molecule has 5 atom stereocenters. The minimum absolute atomic E-state index is 0.300. The van der Waals surface area contributed by atoms with Gasteiger partial charge in [0.15, 0.2) is 0 Å². The van der Waals surface area contributed by atoms with Crippen LogP contribution in [0.3, 0.4) is 0 Å². The minimum Gasteiger partial charge on any atom is -0.460 e. The third kappa shape index (κ3) is 3.01. The van der Waals surface area contributed by atoms with Crippen molar-refractivity contribution in [1.29, 1.82) is 0 Å². The van der Waals surface area contributed by atoms with Gasteiger partial charge in [-0.05, 0) is 11.5 Å². The molecule has 2 aromatic carbocycles. The number of aliphatic hydroxyl groups excluding tert-OH is 4. The molecule has 4 N–H and O–H groups in total. The fourth-order valence-electron chi connectivity index (χ4n) is 2.62. The maximum atomic E-state index is 10.1. The molecule has 1 heterocycles. The first-order valence-corrected chi connectivity index (χ1v) is 7.55. The molecule has 3 rings (SSSR count). The highest BCUT2D eigenvalue weighted by atomic mass is 35.5. The highest BCUT2D eigenvalue weighted by Crippen LogP contribution is 2.35. The molecule has 7 heteroatoms. The SMILES string of the molecule is OC[C@H]1OC(Oc2c(Cl)ccc3ccccc23)[C@H](O)[C@@H](O)[C@H]1O. The van der Waals surface area contributed by atoms with Gasteiger partial charge in [-0.1, -0.05) is 41.9 Å². The Morgan fingerprint density at radius 2 is 1.74 bits per heavy atom. The van der Waals surface area contributed by atoms with E-state index in [9.17, 15) is 20.4 Å². The van der Waals surface area contributed by atoms with E-state index < -0.39 is 37.3 Å². The third-order valence-corrected chi connectivity index (χ3v) is 4.21. The van der Waals surface area contributed by atoms with Crippen LogP contribution in [0, 0.1) is 0 Å². The van der Waals surface area contributed by atoms with E-state index in [1.54, 1.807) is 12.1 Å². The van der Waals surface area contributed by atoms with E-state index in [2.05, 4.69) is 0 Å². The lowest BCUT2D eigenvalue weighted by Crippen LogP contribution is -2.60. The number of rotatable bonds is 3. The lowest BCUT2D eigenvalue weighted by molar-refractivity contribution is -0.277. The van der Waals surface area contributed by atoms with Crippen molar-refractivity contribution in [3.63, 3.8) is 0 Å². The van der Waals surface area contributed by atoms with E-state index >= 15 is 0 Å². The molecule has 2 aromatic rings. The van der Waals surface area contributed by atoms with Gasteiger partial charge in [-0.25, -0.2) is 0 Å². The van der Waals surface area contributed by atoms with Crippen LogP contribution in [0.5, 0.6) is 5.75 Å². The van der Waals surface area contributed by atoms with Crippen LogP contribution in [-0.4, -0.2) is 57.7 Å². The average Bonchev–Trinajstić information content (AvgIpc) is 2.57. The van der Waals surface area contributed by atoms with Crippen LogP contribution in [0.25, 0.3) is 10.8 Å². The smallest absolute Gasteiger partial charge is 0.229 e. The first kappa shape index (κ1) is 16.4. The molecule has 1 unspecified atom stereocenters. The number of halogens is 1. The summed E-state index contributed by atoms with van der Waals surface area (Å²) in [5, 5.41) is 40.8. The van der Waals surface area contributed by atoms with Crippen LogP contribution in [0.15, 0.2) is 36.4 Å². The molecule has 0 saturated carbocycles. The number of fused-ring (bicyclic) bond motifs is 1. The van der Waals surface area contributed by atoms with E-state index in [4.69, 9.17) is 21.1 Å². The van der Waals surface area contributed by atoms with Crippen molar-refractivity contribution in [1.82, 2.24) is 0 Å². The summed E-state index contributed by atoms with van der Waals surface area (Å²) in [6.45, 7) is -0.520. The van der Waals surface area contributed by atoms with Crippen molar-refractivity contribution >= 4 is 22.4 Å². The Morgan fingerprint density at radius 3 is 2.48 bits per heavy atom. The van der Waals surface area contributed by atoms with Gasteiger partial charge in [-0.15, -0.1) is 0 Å². The average molecular weight is 341 g/mol. The highest BCUT2D eigenvalue weighted by Gasteiger charge is 2.45. The molecule has 0 amide bonds. The summed E-state index contributed by atoms with van der Waals surface area (Å²) in [7, 11) is 0. The normalized spacial score (nSPS) is 31.3. The predicted octanol–water partition coefficient (Wildman–Crippen LogP) is 0.672. The van der Waals surface area contributed by atoms with Crippen molar-refractivity contribution in [3.8, 4) is 5.75 Å². The summed E-state index contributed by atoms with van der Waals surface area (Å²) >= 11 is 6.18. The Balaban J connectivity index is 1.93. The monoisotopic (exact) mass is 340 g/mol. The molecule has 0 radical (unpaired) electrons. The summed E-state index contributed by atoms with van der Waals surface area (Å²) in [6, 6.07) is 10.9. The van der Waals surface area contributed by atoms with Gasteiger partial charge in [0.25, 0.3) is 0 Å². The molecule has 6 nitrogen and oxygen atoms in total. The Labute approximate surface area is 137 Å². The van der Waals surface area contributed by atoms with Crippen LogP contribution >= 0.6 is 11.6 Å². The van der Waals surface area contributed by atoms with Gasteiger partial charge in [0.05, 0.1) is 11.6 Å². The molecule has 1 fully saturated rings. The fraction of sp³-hybridized carbons (Fsp3) is 0.375. The highest BCUT2D eigenvalue weighted by molar-refractivity contribution is 6.33. The van der Waals surface area contributed by atoms with E-state index in [0.717, 1.165) is 10.8 Å². The zero-order valence-electron chi connectivity index (χ0n) is 12.0. The standard InChI is InChI=1S/C16H17ClO6/c17-10-6-5-8-3-1-2-4-9(8)15(10)23-16-14(21)13(20)12(19)11(7-18)22-16/h1-6,11-14,16,18-21H,7H2/t11-,12+,13+,14-,16?/m1/s1. The lowest BCUT2D eigenvalue weighted by Gasteiger charge is -2.39. The second-order valence-corrected chi connectivity index (χ2v) is 5.82. The molecular weight excluding hydrogens is 324 g/mol. The molecule has 1 saturated heterocycles. The van der Waals surface area contributed by atoms with E-state index in [1.165, 1.54) is 0 Å². The number of ether oxygens (including phenoxy) is 2. The largest absolute Gasteiger partial charge is 0.460 e. The second kappa shape index (κ2) is 6.60. The van der Waals surface area contributed by atoms with Crippen molar-refractivity contribution in [2.75, 3.05) is 6.61 Å². The second-order valence-electron chi connectivity index (χ2n) is 5.41. The Hall–Kier alpha value is -1.41. The maximum Gasteiger partial charge on any atom is 0.229 e. The Morgan fingerprint density at radius 1 is 1.00 bits per heavy atom. The van der Waals surface area contributed by atoms with Gasteiger partial charge in [-0.2, -0.15) is 0 Å². The molecule has 0 aromatic heterocycles. The molecule has 0 bridgehead atoms. The van der Waals surface area contributed by atoms with Crippen LogP contribution in [0.2, 0.25) is 5.02 Å². The summed E-state index contributed by atoms with van der Waals surface area (Å²) < 4.78 is 11.0. The van der Waals surface area contributed by atoms with Crippen LogP contribution in [0.1, 0.15) is 0 Å². The van der Waals surface area contributed by atoms with Gasteiger partial charge in [0.1, 0.15) is 30.2 Å². The van der Waals surface area contributed by atoms with Crippen LogP contribution < -0.4 is 4.74 Å². The van der Waals surface area contributed by atoms with Crippen molar-refractivity contribution in [2.45, 2.75) is 30.7 Å². The van der Waals surface area contributed by atoms with Crippen LogP contribution in [0.4, 0.5) is 0 Å². The predicted molar refractivity (Wildman–Crippen MR) is 83.4 cm³/mol. The summed E-state index contributed by atoms with van der Waals surface area (Å²) in [4.78, 5) is 0. The van der Waals surface area contributed by atoms with Gasteiger partial charge in [0, 0.05) is 5.39 Å². The molecule has 23 heavy (non-hydrogen) atoms. The van der Waals surface area contributed by atoms with Gasteiger partial charge >= 0.3 is 0 Å². The lowest BCUT2D eigenvalue weighted by atomic mass is 9.99. The quantitative estimate of drug-likeness (QED) is 0.655. The maximum absolute atomic E-state index is 10.1. The molecule has 1 aliphatic heterocycles. The van der Waals surface area contributed by atoms with E-state index in [0.29, 0.717) is 10.8 Å². The van der Waals surface area contributed by atoms with Crippen molar-refractivity contribution < 1.29 is 29.9 Å². The molecular formula is C16H17ClO6. The third-order valence-electron chi connectivity index (χ3n) is 3.91. The van der Waals surface area contributed by atoms with Crippen LogP contribution in [-0.2, 0) is 4.74 Å². The first-order chi connectivity index (χ1) is 11.0. The number of hydrogen-bond acceptors (Lipinski definition) is 6. The zero-order valence-corrected chi connectivity index (χ0v) is 12.8. The topological polar surface area (TPSA) is 99.4 Å². The number of aliphatic hydroxyl groups is 4. The number of benzene rings is 2. The zero-order chi connectivity index (χ0) is 16.6. The molecule has 0 spiro atoms. The molecule has 124 valence electrons. The molecule has 0 aliphatic carbocycles. The van der Waals surface area contributed by atoms with Gasteiger partial charge in [0.2, 0.25) is 6.29 Å². The summed E-state index contributed by atoms with van der Waals surface area (Å²) in [5.74, 6) is 0.300. The van der Waals surface area contributed by atoms with Gasteiger partial charge < -0.3 is 29.9 Å². The summed E-state index contributed by atoms with van der Waals surface area (Å²) in [5.41, 5.74) is 0. The Bertz CT molecular complexity index is 691. The van der Waals surface area contributed by atoms with E-state index in [-0.39, 0.29) is 0 Å². The van der Waals surface area contributed by atoms with E-state index in [1.807, 2.05) is 24.3 Å². The Kier molecular flexibility index (Phi) is 4.72. The number of hydrogen-bond donors (Lipinski definition) is 4. The first-order valence-electron chi connectivity index (χ1n) is 7.17. The summed E-state index contributed by atoms with van der Waals surface area (Å²) in [6.07, 6.45) is -6.72.